The van der Waals surface area contributed by atoms with Gasteiger partial charge in [-0.25, -0.2) is 4.39 Å². The van der Waals surface area contributed by atoms with Crippen LogP contribution in [-0.4, -0.2) is 45.5 Å². The van der Waals surface area contributed by atoms with E-state index in [0.29, 0.717) is 25.5 Å². The first-order chi connectivity index (χ1) is 11.8. The monoisotopic (exact) mass is 361 g/mol. The average molecular weight is 361 g/mol. The van der Waals surface area contributed by atoms with Crippen molar-refractivity contribution in [3.05, 3.63) is 35.6 Å². The quantitative estimate of drug-likeness (QED) is 0.324. The lowest BCUT2D eigenvalue weighted by molar-refractivity contribution is -0.173. The number of benzene rings is 1. The molecule has 0 radical (unpaired) electrons. The van der Waals surface area contributed by atoms with E-state index < -0.39 is 12.8 Å². The number of halogens is 4. The van der Waals surface area contributed by atoms with Crippen LogP contribution in [0.5, 0.6) is 0 Å². The lowest BCUT2D eigenvalue weighted by Gasteiger charge is -2.19. The third-order valence-electron chi connectivity index (χ3n) is 4.13. The van der Waals surface area contributed by atoms with Gasteiger partial charge in [0.15, 0.2) is 5.96 Å². The summed E-state index contributed by atoms with van der Waals surface area (Å²) in [7, 11) is 1.62. The smallest absolute Gasteiger partial charge is 0.372 e. The SMILES string of the molecule is CN=C(NCCCOCC(F)(F)F)NCC1(c2cccc(F)c2)CC1. The molecule has 0 saturated heterocycles. The van der Waals surface area contributed by atoms with Gasteiger partial charge in [0.05, 0.1) is 0 Å². The molecule has 0 spiro atoms. The van der Waals surface area contributed by atoms with Crippen molar-refractivity contribution < 1.29 is 22.3 Å². The molecule has 2 N–H and O–H groups in total. The first-order valence-electron chi connectivity index (χ1n) is 8.20. The fraction of sp³-hybridized carbons (Fsp3) is 0.588. The Morgan fingerprint density at radius 3 is 2.64 bits per heavy atom. The Hall–Kier alpha value is -1.83. The van der Waals surface area contributed by atoms with E-state index in [2.05, 4.69) is 20.4 Å². The number of ether oxygens (including phenoxy) is 1. The first-order valence-corrected chi connectivity index (χ1v) is 8.20. The van der Waals surface area contributed by atoms with Gasteiger partial charge in [0.25, 0.3) is 0 Å². The summed E-state index contributed by atoms with van der Waals surface area (Å²) < 4.78 is 53.8. The maximum Gasteiger partial charge on any atom is 0.411 e. The van der Waals surface area contributed by atoms with Gasteiger partial charge in [0.2, 0.25) is 0 Å². The molecule has 4 nitrogen and oxygen atoms in total. The highest BCUT2D eigenvalue weighted by Gasteiger charge is 2.44. The van der Waals surface area contributed by atoms with Crippen molar-refractivity contribution in [2.24, 2.45) is 4.99 Å². The zero-order valence-corrected chi connectivity index (χ0v) is 14.1. The molecule has 1 aliphatic rings. The summed E-state index contributed by atoms with van der Waals surface area (Å²) in [5, 5.41) is 6.23. The number of rotatable bonds is 8. The molecule has 0 aromatic heterocycles. The third kappa shape index (κ3) is 6.53. The van der Waals surface area contributed by atoms with Crippen molar-refractivity contribution >= 4 is 5.96 Å². The molecule has 0 bridgehead atoms. The molecule has 0 amide bonds. The van der Waals surface area contributed by atoms with Crippen LogP contribution in [0, 0.1) is 5.82 Å². The molecule has 8 heteroatoms. The summed E-state index contributed by atoms with van der Waals surface area (Å²) in [5.41, 5.74) is 0.895. The van der Waals surface area contributed by atoms with Gasteiger partial charge in [0.1, 0.15) is 12.4 Å². The number of alkyl halides is 3. The predicted molar refractivity (Wildman–Crippen MR) is 88.2 cm³/mol. The molecule has 2 rings (SSSR count). The number of aliphatic imine (C=N–C) groups is 1. The summed E-state index contributed by atoms with van der Waals surface area (Å²) in [6, 6.07) is 6.61. The fourth-order valence-electron chi connectivity index (χ4n) is 2.58. The number of hydrogen-bond donors (Lipinski definition) is 2. The molecule has 140 valence electrons. The molecule has 25 heavy (non-hydrogen) atoms. The number of hydrogen-bond acceptors (Lipinski definition) is 2. The van der Waals surface area contributed by atoms with E-state index >= 15 is 0 Å². The van der Waals surface area contributed by atoms with Crippen molar-refractivity contribution in [2.45, 2.75) is 30.9 Å². The highest BCUT2D eigenvalue weighted by Crippen LogP contribution is 2.47. The van der Waals surface area contributed by atoms with Gasteiger partial charge in [-0.1, -0.05) is 12.1 Å². The minimum absolute atomic E-state index is 0.0245. The van der Waals surface area contributed by atoms with Gasteiger partial charge in [-0.05, 0) is 37.0 Å². The molecule has 1 aliphatic carbocycles. The van der Waals surface area contributed by atoms with Crippen molar-refractivity contribution in [2.75, 3.05) is 33.4 Å². The van der Waals surface area contributed by atoms with Crippen LogP contribution in [0.4, 0.5) is 17.6 Å². The maximum absolute atomic E-state index is 13.4. The molecule has 0 unspecified atom stereocenters. The second kappa shape index (κ2) is 8.51. The highest BCUT2D eigenvalue weighted by molar-refractivity contribution is 5.79. The molecule has 1 saturated carbocycles. The second-order valence-electron chi connectivity index (χ2n) is 6.16. The average Bonchev–Trinajstić information content (AvgIpc) is 3.34. The van der Waals surface area contributed by atoms with Gasteiger partial charge in [-0.3, -0.25) is 4.99 Å². The zero-order chi connectivity index (χ0) is 18.3. The van der Waals surface area contributed by atoms with Crippen LogP contribution in [0.25, 0.3) is 0 Å². The molecule has 1 aromatic carbocycles. The molecular weight excluding hydrogens is 338 g/mol. The molecule has 1 aromatic rings. The van der Waals surface area contributed by atoms with Crippen molar-refractivity contribution in [3.63, 3.8) is 0 Å². The Kier molecular flexibility index (Phi) is 6.64. The van der Waals surface area contributed by atoms with E-state index in [1.165, 1.54) is 6.07 Å². The summed E-state index contributed by atoms with van der Waals surface area (Å²) in [6.07, 6.45) is -1.90. The van der Waals surface area contributed by atoms with Crippen molar-refractivity contribution in [1.82, 2.24) is 10.6 Å². The van der Waals surface area contributed by atoms with Gasteiger partial charge < -0.3 is 15.4 Å². The molecular formula is C17H23F4N3O. The first kappa shape index (κ1) is 19.5. The Morgan fingerprint density at radius 2 is 2.04 bits per heavy atom. The van der Waals surface area contributed by atoms with E-state index in [1.54, 1.807) is 19.2 Å². The Labute approximate surface area is 144 Å². The van der Waals surface area contributed by atoms with Gasteiger partial charge in [-0.15, -0.1) is 0 Å². The summed E-state index contributed by atoms with van der Waals surface area (Å²) in [4.78, 5) is 4.09. The lowest BCUT2D eigenvalue weighted by Crippen LogP contribution is -2.41. The predicted octanol–water partition coefficient (Wildman–Crippen LogP) is 2.99. The van der Waals surface area contributed by atoms with Gasteiger partial charge >= 0.3 is 6.18 Å². The maximum atomic E-state index is 13.4. The van der Waals surface area contributed by atoms with E-state index in [1.807, 2.05) is 6.07 Å². The molecule has 0 aliphatic heterocycles. The number of guanidine groups is 1. The highest BCUT2D eigenvalue weighted by atomic mass is 19.4. The fourth-order valence-corrected chi connectivity index (χ4v) is 2.58. The standard InChI is InChI=1S/C17H23F4N3O/c1-22-15(23-8-3-9-25-12-17(19,20)21)24-11-16(6-7-16)13-4-2-5-14(18)10-13/h2,4-5,10H,3,6-9,11-12H2,1H3,(H2,22,23,24). The minimum Gasteiger partial charge on any atom is -0.372 e. The van der Waals surface area contributed by atoms with Crippen LogP contribution >= 0.6 is 0 Å². The third-order valence-corrected chi connectivity index (χ3v) is 4.13. The van der Waals surface area contributed by atoms with Crippen molar-refractivity contribution in [1.29, 1.82) is 0 Å². The minimum atomic E-state index is -4.29. The summed E-state index contributed by atoms with van der Waals surface area (Å²) in [6.45, 7) is -0.127. The van der Waals surface area contributed by atoms with E-state index in [9.17, 15) is 17.6 Å². The van der Waals surface area contributed by atoms with E-state index in [4.69, 9.17) is 0 Å². The van der Waals surface area contributed by atoms with Crippen LogP contribution in [0.2, 0.25) is 0 Å². The molecule has 0 atom stereocenters. The van der Waals surface area contributed by atoms with E-state index in [-0.39, 0.29) is 17.8 Å². The lowest BCUT2D eigenvalue weighted by atomic mass is 9.96. The van der Waals surface area contributed by atoms with Crippen LogP contribution in [0.3, 0.4) is 0 Å². The van der Waals surface area contributed by atoms with Crippen LogP contribution in [-0.2, 0) is 10.2 Å². The Bertz CT molecular complexity index is 586. The van der Waals surface area contributed by atoms with Gasteiger partial charge in [-0.2, -0.15) is 13.2 Å². The number of nitrogens with zero attached hydrogens (tertiary/aromatic N) is 1. The molecule has 0 heterocycles. The Morgan fingerprint density at radius 1 is 1.28 bits per heavy atom. The number of nitrogens with one attached hydrogen (secondary N) is 2. The summed E-state index contributed by atoms with van der Waals surface area (Å²) >= 11 is 0. The van der Waals surface area contributed by atoms with Gasteiger partial charge in [0, 0.05) is 32.2 Å². The van der Waals surface area contributed by atoms with E-state index in [0.717, 1.165) is 18.4 Å². The normalized spacial score (nSPS) is 16.6. The summed E-state index contributed by atoms with van der Waals surface area (Å²) in [5.74, 6) is 0.323. The second-order valence-corrected chi connectivity index (χ2v) is 6.16. The topological polar surface area (TPSA) is 45.7 Å². The molecule has 1 fully saturated rings. The van der Waals surface area contributed by atoms with Crippen LogP contribution in [0.15, 0.2) is 29.3 Å². The largest absolute Gasteiger partial charge is 0.411 e. The van der Waals surface area contributed by atoms with Crippen molar-refractivity contribution in [3.8, 4) is 0 Å². The zero-order valence-electron chi connectivity index (χ0n) is 14.1. The Balaban J connectivity index is 1.69. The van der Waals surface area contributed by atoms with Crippen LogP contribution in [0.1, 0.15) is 24.8 Å². The van der Waals surface area contributed by atoms with Crippen LogP contribution < -0.4 is 10.6 Å².